The molecule has 0 aliphatic carbocycles. The zero-order chi connectivity index (χ0) is 19.1. The van der Waals surface area contributed by atoms with Crippen LogP contribution in [0.25, 0.3) is 0 Å². The highest BCUT2D eigenvalue weighted by Gasteiger charge is 2.26. The summed E-state index contributed by atoms with van der Waals surface area (Å²) in [5.41, 5.74) is 0.509. The first-order valence-corrected chi connectivity index (χ1v) is 9.06. The van der Waals surface area contributed by atoms with Crippen LogP contribution in [0, 0.1) is 5.82 Å². The molecule has 2 rings (SSSR count). The van der Waals surface area contributed by atoms with Crippen LogP contribution in [0.5, 0.6) is 0 Å². The summed E-state index contributed by atoms with van der Waals surface area (Å²) in [6.07, 6.45) is 1.71. The summed E-state index contributed by atoms with van der Waals surface area (Å²) in [5.74, 6) is -1.14. The third-order valence-corrected chi connectivity index (χ3v) is 4.97. The number of carboxylic acid groups (broad SMARTS) is 1. The summed E-state index contributed by atoms with van der Waals surface area (Å²) >= 11 is 0. The fourth-order valence-electron chi connectivity index (χ4n) is 3.40. The van der Waals surface area contributed by atoms with Crippen molar-refractivity contribution in [2.75, 3.05) is 39.8 Å². The molecule has 26 heavy (non-hydrogen) atoms. The molecule has 0 radical (unpaired) electrons. The van der Waals surface area contributed by atoms with Gasteiger partial charge < -0.3 is 10.0 Å². The molecule has 6 nitrogen and oxygen atoms in total. The fourth-order valence-corrected chi connectivity index (χ4v) is 3.40. The Labute approximate surface area is 154 Å². The molecule has 1 aromatic rings. The molecule has 0 aromatic heterocycles. The minimum atomic E-state index is -0.806. The van der Waals surface area contributed by atoms with E-state index >= 15 is 0 Å². The van der Waals surface area contributed by atoms with Crippen LogP contribution in [0.2, 0.25) is 0 Å². The first-order valence-electron chi connectivity index (χ1n) is 9.06. The molecule has 1 aliphatic rings. The standard InChI is InChI=1S/C19H28FN3O3/c1-3-23(14-19(25)26)16-8-10-22(11-9-16)13-18(24)21(2)12-15-6-4-5-7-17(15)20/h4-7,16H,3,8-14H2,1-2H3,(H,25,26). The van der Waals surface area contributed by atoms with Crippen LogP contribution < -0.4 is 0 Å². The lowest BCUT2D eigenvalue weighted by Gasteiger charge is -2.37. The molecular weight excluding hydrogens is 337 g/mol. The van der Waals surface area contributed by atoms with E-state index in [4.69, 9.17) is 5.11 Å². The van der Waals surface area contributed by atoms with Crippen molar-refractivity contribution in [2.45, 2.75) is 32.4 Å². The van der Waals surface area contributed by atoms with Crippen molar-refractivity contribution in [3.8, 4) is 0 Å². The highest BCUT2D eigenvalue weighted by Crippen LogP contribution is 2.17. The van der Waals surface area contributed by atoms with Gasteiger partial charge in [0, 0.05) is 38.3 Å². The van der Waals surface area contributed by atoms with Gasteiger partial charge in [-0.25, -0.2) is 4.39 Å². The van der Waals surface area contributed by atoms with E-state index in [0.717, 1.165) is 25.9 Å². The van der Waals surface area contributed by atoms with Crippen molar-refractivity contribution in [3.05, 3.63) is 35.6 Å². The number of carbonyl (C=O) groups excluding carboxylic acids is 1. The number of aliphatic carboxylic acids is 1. The van der Waals surface area contributed by atoms with Crippen LogP contribution in [-0.2, 0) is 16.1 Å². The maximum absolute atomic E-state index is 13.7. The van der Waals surface area contributed by atoms with Crippen LogP contribution in [0.3, 0.4) is 0 Å². The maximum atomic E-state index is 13.7. The van der Waals surface area contributed by atoms with Gasteiger partial charge in [-0.15, -0.1) is 0 Å². The van der Waals surface area contributed by atoms with Crippen LogP contribution in [-0.4, -0.2) is 77.5 Å². The number of rotatable bonds is 8. The van der Waals surface area contributed by atoms with Crippen molar-refractivity contribution in [3.63, 3.8) is 0 Å². The second-order valence-electron chi connectivity index (χ2n) is 6.81. The summed E-state index contributed by atoms with van der Waals surface area (Å²) in [6.45, 7) is 4.83. The average Bonchev–Trinajstić information content (AvgIpc) is 2.62. The second kappa shape index (κ2) is 9.64. The number of carbonyl (C=O) groups is 2. The van der Waals surface area contributed by atoms with Gasteiger partial charge in [0.05, 0.1) is 13.1 Å². The molecule has 1 saturated heterocycles. The van der Waals surface area contributed by atoms with Gasteiger partial charge in [-0.1, -0.05) is 25.1 Å². The Balaban J connectivity index is 1.80. The van der Waals surface area contributed by atoms with Crippen molar-refractivity contribution < 1.29 is 19.1 Å². The topological polar surface area (TPSA) is 64.1 Å². The van der Waals surface area contributed by atoms with E-state index in [0.29, 0.717) is 18.7 Å². The molecule has 7 heteroatoms. The van der Waals surface area contributed by atoms with Crippen LogP contribution in [0.15, 0.2) is 24.3 Å². The van der Waals surface area contributed by atoms with E-state index < -0.39 is 5.97 Å². The van der Waals surface area contributed by atoms with Gasteiger partial charge in [0.1, 0.15) is 5.82 Å². The highest BCUT2D eigenvalue weighted by atomic mass is 19.1. The van der Waals surface area contributed by atoms with Crippen LogP contribution >= 0.6 is 0 Å². The van der Waals surface area contributed by atoms with Crippen molar-refractivity contribution in [1.29, 1.82) is 0 Å². The van der Waals surface area contributed by atoms with E-state index in [1.54, 1.807) is 30.1 Å². The first kappa shape index (κ1) is 20.3. The molecule has 1 aliphatic heterocycles. The summed E-state index contributed by atoms with van der Waals surface area (Å²) in [6, 6.07) is 6.73. The molecule has 1 N–H and O–H groups in total. The zero-order valence-corrected chi connectivity index (χ0v) is 15.5. The number of piperidine rings is 1. The van der Waals surface area contributed by atoms with Crippen molar-refractivity contribution >= 4 is 11.9 Å². The average molecular weight is 365 g/mol. The highest BCUT2D eigenvalue weighted by molar-refractivity contribution is 5.78. The number of nitrogens with zero attached hydrogens (tertiary/aromatic N) is 3. The lowest BCUT2D eigenvalue weighted by molar-refractivity contribution is -0.139. The lowest BCUT2D eigenvalue weighted by atomic mass is 10.0. The van der Waals surface area contributed by atoms with Gasteiger partial charge in [-0.2, -0.15) is 0 Å². The van der Waals surface area contributed by atoms with Gasteiger partial charge >= 0.3 is 5.97 Å². The monoisotopic (exact) mass is 365 g/mol. The van der Waals surface area contributed by atoms with E-state index in [1.165, 1.54) is 6.07 Å². The van der Waals surface area contributed by atoms with E-state index in [1.807, 2.05) is 11.8 Å². The van der Waals surface area contributed by atoms with Gasteiger partial charge in [-0.3, -0.25) is 19.4 Å². The molecule has 1 fully saturated rings. The number of hydrogen-bond donors (Lipinski definition) is 1. The molecule has 0 saturated carbocycles. The number of hydrogen-bond acceptors (Lipinski definition) is 4. The Morgan fingerprint density at radius 3 is 2.50 bits per heavy atom. The Morgan fingerprint density at radius 1 is 1.27 bits per heavy atom. The molecule has 0 spiro atoms. The molecular formula is C19H28FN3O3. The van der Waals surface area contributed by atoms with Crippen LogP contribution in [0.4, 0.5) is 4.39 Å². The van der Waals surface area contributed by atoms with E-state index in [2.05, 4.69) is 4.90 Å². The first-order chi connectivity index (χ1) is 12.4. The Kier molecular flexibility index (Phi) is 7.53. The van der Waals surface area contributed by atoms with Gasteiger partial charge in [0.2, 0.25) is 5.91 Å². The molecule has 0 atom stereocenters. The summed E-state index contributed by atoms with van der Waals surface area (Å²) in [5, 5.41) is 8.99. The zero-order valence-electron chi connectivity index (χ0n) is 15.5. The van der Waals surface area contributed by atoms with E-state index in [9.17, 15) is 14.0 Å². The summed E-state index contributed by atoms with van der Waals surface area (Å²) in [7, 11) is 1.69. The number of halogens is 1. The maximum Gasteiger partial charge on any atom is 0.317 e. The minimum Gasteiger partial charge on any atom is -0.480 e. The third kappa shape index (κ3) is 5.78. The number of likely N-dealkylation sites (N-methyl/N-ethyl adjacent to an activating group) is 2. The van der Waals surface area contributed by atoms with Crippen molar-refractivity contribution in [2.24, 2.45) is 0 Å². The number of likely N-dealkylation sites (tertiary alicyclic amines) is 1. The molecule has 1 aromatic carbocycles. The smallest absolute Gasteiger partial charge is 0.317 e. The van der Waals surface area contributed by atoms with Gasteiger partial charge in [0.15, 0.2) is 0 Å². The Bertz CT molecular complexity index is 618. The predicted molar refractivity (Wildman–Crippen MR) is 97.2 cm³/mol. The second-order valence-corrected chi connectivity index (χ2v) is 6.81. The van der Waals surface area contributed by atoms with Gasteiger partial charge in [-0.05, 0) is 25.5 Å². The molecule has 1 heterocycles. The lowest BCUT2D eigenvalue weighted by Crippen LogP contribution is -2.48. The predicted octanol–water partition coefficient (Wildman–Crippen LogP) is 1.66. The molecule has 1 amide bonds. The summed E-state index contributed by atoms with van der Waals surface area (Å²) in [4.78, 5) is 29.0. The quantitative estimate of drug-likeness (QED) is 0.759. The third-order valence-electron chi connectivity index (χ3n) is 4.97. The molecule has 144 valence electrons. The fraction of sp³-hybridized carbons (Fsp3) is 0.579. The molecule has 0 unspecified atom stereocenters. The van der Waals surface area contributed by atoms with Gasteiger partial charge in [0.25, 0.3) is 0 Å². The van der Waals surface area contributed by atoms with Crippen molar-refractivity contribution in [1.82, 2.24) is 14.7 Å². The van der Waals surface area contributed by atoms with E-state index in [-0.39, 0.29) is 30.9 Å². The van der Waals surface area contributed by atoms with Crippen LogP contribution in [0.1, 0.15) is 25.3 Å². The number of carboxylic acids is 1. The normalized spacial score (nSPS) is 16.0. The minimum absolute atomic E-state index is 0.0374. The number of benzene rings is 1. The largest absolute Gasteiger partial charge is 0.480 e. The SMILES string of the molecule is CCN(CC(=O)O)C1CCN(CC(=O)N(C)Cc2ccccc2F)CC1. The Hall–Kier alpha value is -1.99. The summed E-state index contributed by atoms with van der Waals surface area (Å²) < 4.78 is 13.7. The Morgan fingerprint density at radius 2 is 1.92 bits per heavy atom. The number of amides is 1. The molecule has 0 bridgehead atoms.